The van der Waals surface area contributed by atoms with E-state index in [9.17, 15) is 0 Å². The van der Waals surface area contributed by atoms with Gasteiger partial charge in [0.2, 0.25) is 0 Å². The standard InChI is InChI=1S/C10H15.Sr.2H/c1-6-7(2)9(4)10(5)8(6)3;;;/h1-5H3;;;. The van der Waals surface area contributed by atoms with Crippen LogP contribution in [0.5, 0.6) is 0 Å². The Balaban J connectivity index is 0.000001000. The minimum absolute atomic E-state index is 0. The van der Waals surface area contributed by atoms with E-state index in [0.29, 0.717) is 0 Å². The molecule has 1 aliphatic carbocycles. The van der Waals surface area contributed by atoms with Crippen molar-refractivity contribution in [3.8, 4) is 0 Å². The van der Waals surface area contributed by atoms with E-state index in [1.165, 1.54) is 28.2 Å². The quantitative estimate of drug-likeness (QED) is 0.555. The molecule has 0 aromatic rings. The maximum absolute atomic E-state index is 2.20. The zero-order chi connectivity index (χ0) is 7.89. The van der Waals surface area contributed by atoms with Crippen LogP contribution in [0.15, 0.2) is 22.3 Å². The summed E-state index contributed by atoms with van der Waals surface area (Å²) >= 11 is 0. The van der Waals surface area contributed by atoms with Gasteiger partial charge in [-0.1, -0.05) is 18.1 Å². The molecule has 0 fully saturated rings. The molecule has 0 spiro atoms. The summed E-state index contributed by atoms with van der Waals surface area (Å²) in [6, 6.07) is 0. The predicted molar refractivity (Wildman–Crippen MR) is 54.2 cm³/mol. The SMILES string of the molecule is C[C]1C(C)=C(C)C(C)=C1C.[SrH2]. The molecule has 0 aromatic heterocycles. The molecule has 0 atom stereocenters. The van der Waals surface area contributed by atoms with Gasteiger partial charge in [0.15, 0.2) is 0 Å². The van der Waals surface area contributed by atoms with Gasteiger partial charge in [-0.05, 0) is 38.8 Å². The van der Waals surface area contributed by atoms with Crippen LogP contribution in [0.3, 0.4) is 0 Å². The first-order chi connectivity index (χ1) is 4.55. The van der Waals surface area contributed by atoms with Crippen LogP contribution in [0.2, 0.25) is 0 Å². The van der Waals surface area contributed by atoms with Crippen molar-refractivity contribution >= 4 is 45.5 Å². The Bertz CT molecular complexity index is 197. The number of rotatable bonds is 0. The van der Waals surface area contributed by atoms with Crippen LogP contribution in [0.4, 0.5) is 0 Å². The maximum atomic E-state index is 2.20. The minimum atomic E-state index is 0. The fourth-order valence-corrected chi connectivity index (χ4v) is 1.41. The molecule has 1 aliphatic rings. The second-order valence-corrected chi connectivity index (χ2v) is 3.12. The number of allylic oxidation sites excluding steroid dienone is 4. The monoisotopic (exact) mass is 225 g/mol. The van der Waals surface area contributed by atoms with Crippen molar-refractivity contribution in [2.24, 2.45) is 0 Å². The molecule has 59 valence electrons. The zero-order valence-corrected chi connectivity index (χ0v) is 7.50. The summed E-state index contributed by atoms with van der Waals surface area (Å²) in [7, 11) is 0. The second kappa shape index (κ2) is 4.27. The van der Waals surface area contributed by atoms with E-state index < -0.39 is 0 Å². The molecule has 0 unspecified atom stereocenters. The molecule has 0 bridgehead atoms. The molecule has 0 amide bonds. The van der Waals surface area contributed by atoms with Crippen LogP contribution < -0.4 is 0 Å². The Hall–Kier alpha value is 0.961. The predicted octanol–water partition coefficient (Wildman–Crippen LogP) is 2.35. The number of hydrogen-bond acceptors (Lipinski definition) is 0. The summed E-state index contributed by atoms with van der Waals surface area (Å²) < 4.78 is 0. The van der Waals surface area contributed by atoms with E-state index in [1.54, 1.807) is 0 Å². The first kappa shape index (κ1) is 12.0. The molecule has 0 nitrogen and oxygen atoms in total. The van der Waals surface area contributed by atoms with Gasteiger partial charge < -0.3 is 0 Å². The topological polar surface area (TPSA) is 0 Å². The molecule has 11 heavy (non-hydrogen) atoms. The third kappa shape index (κ3) is 2.00. The molecular formula is C10H17Sr. The van der Waals surface area contributed by atoms with Crippen molar-refractivity contribution in [1.29, 1.82) is 0 Å². The van der Waals surface area contributed by atoms with Crippen LogP contribution in [0, 0.1) is 5.92 Å². The second-order valence-electron chi connectivity index (χ2n) is 3.12. The normalized spacial score (nSPS) is 19.4. The molecule has 0 aliphatic heterocycles. The van der Waals surface area contributed by atoms with Crippen LogP contribution >= 0.6 is 0 Å². The van der Waals surface area contributed by atoms with Crippen LogP contribution in [-0.4, -0.2) is 45.5 Å². The molecule has 0 aromatic carbocycles. The summed E-state index contributed by atoms with van der Waals surface area (Å²) in [6.45, 7) is 11.0. The van der Waals surface area contributed by atoms with Crippen molar-refractivity contribution in [1.82, 2.24) is 0 Å². The fourth-order valence-electron chi connectivity index (χ4n) is 1.41. The first-order valence-electron chi connectivity index (χ1n) is 3.75. The zero-order valence-electron chi connectivity index (χ0n) is 7.50. The van der Waals surface area contributed by atoms with Gasteiger partial charge in [0.1, 0.15) is 0 Å². The first-order valence-corrected chi connectivity index (χ1v) is 3.75. The molecular weight excluding hydrogens is 208 g/mol. The fraction of sp³-hybridized carbons (Fsp3) is 0.500. The number of hydrogen-bond donors (Lipinski definition) is 0. The molecule has 0 saturated heterocycles. The Morgan fingerprint density at radius 3 is 0.909 bits per heavy atom. The van der Waals surface area contributed by atoms with Gasteiger partial charge in [0.25, 0.3) is 0 Å². The molecule has 0 saturated carbocycles. The average Bonchev–Trinajstić information content (AvgIpc) is 2.07. The van der Waals surface area contributed by atoms with Crippen molar-refractivity contribution < 1.29 is 0 Å². The Labute approximate surface area is 107 Å². The Morgan fingerprint density at radius 1 is 0.545 bits per heavy atom. The third-order valence-electron chi connectivity index (χ3n) is 2.81. The van der Waals surface area contributed by atoms with Gasteiger partial charge in [-0.15, -0.1) is 0 Å². The third-order valence-corrected chi connectivity index (χ3v) is 2.81. The molecule has 1 heteroatoms. The summed E-state index contributed by atoms with van der Waals surface area (Å²) in [4.78, 5) is 0. The summed E-state index contributed by atoms with van der Waals surface area (Å²) in [5.74, 6) is 1.47. The van der Waals surface area contributed by atoms with Crippen molar-refractivity contribution in [2.45, 2.75) is 34.6 Å². The van der Waals surface area contributed by atoms with Gasteiger partial charge in [-0.2, -0.15) is 0 Å². The molecule has 0 heterocycles. The van der Waals surface area contributed by atoms with E-state index in [4.69, 9.17) is 0 Å². The van der Waals surface area contributed by atoms with Gasteiger partial charge >= 0.3 is 45.5 Å². The van der Waals surface area contributed by atoms with Gasteiger partial charge in [-0.3, -0.25) is 0 Å². The van der Waals surface area contributed by atoms with Gasteiger partial charge in [0, 0.05) is 5.92 Å². The van der Waals surface area contributed by atoms with Crippen molar-refractivity contribution in [3.63, 3.8) is 0 Å². The van der Waals surface area contributed by atoms with E-state index in [0.717, 1.165) is 0 Å². The van der Waals surface area contributed by atoms with E-state index in [2.05, 4.69) is 34.6 Å². The molecule has 0 N–H and O–H groups in total. The molecule has 1 radical (unpaired) electrons. The Kier molecular flexibility index (Phi) is 4.64. The van der Waals surface area contributed by atoms with Crippen LogP contribution in [-0.2, 0) is 0 Å². The Morgan fingerprint density at radius 2 is 0.818 bits per heavy atom. The summed E-state index contributed by atoms with van der Waals surface area (Å²) in [5.41, 5.74) is 5.87. The van der Waals surface area contributed by atoms with Gasteiger partial charge in [0.05, 0.1) is 0 Å². The molecule has 1 rings (SSSR count). The van der Waals surface area contributed by atoms with E-state index in [-0.39, 0.29) is 45.5 Å². The van der Waals surface area contributed by atoms with Crippen molar-refractivity contribution in [3.05, 3.63) is 28.2 Å². The summed E-state index contributed by atoms with van der Waals surface area (Å²) in [6.07, 6.45) is 0. The van der Waals surface area contributed by atoms with Crippen LogP contribution in [0.25, 0.3) is 0 Å². The average molecular weight is 225 g/mol. The summed E-state index contributed by atoms with van der Waals surface area (Å²) in [5, 5.41) is 0. The van der Waals surface area contributed by atoms with Gasteiger partial charge in [-0.25, -0.2) is 0 Å². The van der Waals surface area contributed by atoms with E-state index >= 15 is 0 Å². The van der Waals surface area contributed by atoms with Crippen molar-refractivity contribution in [2.75, 3.05) is 0 Å². The van der Waals surface area contributed by atoms with Crippen LogP contribution in [0.1, 0.15) is 34.6 Å². The van der Waals surface area contributed by atoms with E-state index in [1.807, 2.05) is 0 Å².